The van der Waals surface area contributed by atoms with Crippen molar-refractivity contribution < 1.29 is 19.6 Å². The second-order valence-corrected chi connectivity index (χ2v) is 6.78. The first-order valence-corrected chi connectivity index (χ1v) is 8.54. The van der Waals surface area contributed by atoms with Gasteiger partial charge in [-0.3, -0.25) is 20.2 Å². The molecule has 0 aliphatic heterocycles. The molecule has 27 heavy (non-hydrogen) atoms. The van der Waals surface area contributed by atoms with Gasteiger partial charge in [0, 0.05) is 11.6 Å². The van der Waals surface area contributed by atoms with Crippen LogP contribution in [0.4, 0.5) is 21.3 Å². The Labute approximate surface area is 156 Å². The van der Waals surface area contributed by atoms with E-state index >= 15 is 0 Å². The molecule has 0 aliphatic carbocycles. The van der Waals surface area contributed by atoms with Gasteiger partial charge in [0.1, 0.15) is 0 Å². The monoisotopic (exact) mass is 386 g/mol. The number of anilines is 2. The number of carbonyl (C=O) groups excluding carboxylic acids is 1. The lowest BCUT2D eigenvalue weighted by Gasteiger charge is -2.12. The second-order valence-electron chi connectivity index (χ2n) is 5.74. The number of fused-ring (bicyclic) bond motifs is 1. The van der Waals surface area contributed by atoms with E-state index in [1.165, 1.54) is 6.07 Å². The van der Waals surface area contributed by atoms with Crippen molar-refractivity contribution >= 4 is 50.1 Å². The fraction of sp³-hybridized carbons (Fsp3) is 0.118. The summed E-state index contributed by atoms with van der Waals surface area (Å²) in [6, 6.07) is 7.75. The Balaban J connectivity index is 1.91. The Morgan fingerprint density at radius 3 is 2.59 bits per heavy atom. The van der Waals surface area contributed by atoms with Gasteiger partial charge in [0.25, 0.3) is 11.6 Å². The summed E-state index contributed by atoms with van der Waals surface area (Å²) in [7, 11) is 0. The van der Waals surface area contributed by atoms with Crippen molar-refractivity contribution in [1.82, 2.24) is 4.98 Å². The molecule has 0 saturated heterocycles. The highest BCUT2D eigenvalue weighted by atomic mass is 32.1. The smallest absolute Gasteiger partial charge is 0.410 e. The Morgan fingerprint density at radius 2 is 1.93 bits per heavy atom. The van der Waals surface area contributed by atoms with Crippen LogP contribution in [0.25, 0.3) is 10.2 Å². The first-order chi connectivity index (χ1) is 12.8. The van der Waals surface area contributed by atoms with Crippen molar-refractivity contribution in [3.05, 3.63) is 57.1 Å². The van der Waals surface area contributed by atoms with Crippen LogP contribution in [0.15, 0.2) is 30.3 Å². The number of hydrogen-bond acceptors (Lipinski definition) is 6. The van der Waals surface area contributed by atoms with E-state index in [0.717, 1.165) is 11.3 Å². The Bertz CT molecular complexity index is 1090. The quantitative estimate of drug-likeness (QED) is 0.455. The third kappa shape index (κ3) is 3.70. The molecular weight excluding hydrogens is 372 g/mol. The molecule has 0 fully saturated rings. The third-order valence-electron chi connectivity index (χ3n) is 3.94. The van der Waals surface area contributed by atoms with Crippen LogP contribution >= 0.6 is 11.3 Å². The molecular formula is C17H14N4O5S. The van der Waals surface area contributed by atoms with Crippen LogP contribution in [-0.4, -0.2) is 27.0 Å². The predicted molar refractivity (Wildman–Crippen MR) is 102 cm³/mol. The van der Waals surface area contributed by atoms with E-state index in [0.29, 0.717) is 32.6 Å². The van der Waals surface area contributed by atoms with Gasteiger partial charge in [-0.15, -0.1) is 0 Å². The van der Waals surface area contributed by atoms with Crippen molar-refractivity contribution in [1.29, 1.82) is 0 Å². The zero-order chi connectivity index (χ0) is 19.7. The normalized spacial score (nSPS) is 10.6. The Kier molecular flexibility index (Phi) is 4.74. The lowest BCUT2D eigenvalue weighted by atomic mass is 10.1. The molecule has 10 heteroatoms. The van der Waals surface area contributed by atoms with Gasteiger partial charge in [-0.25, -0.2) is 9.78 Å². The van der Waals surface area contributed by atoms with E-state index in [9.17, 15) is 19.7 Å². The molecule has 0 radical (unpaired) electrons. The molecule has 2 aromatic carbocycles. The molecule has 9 nitrogen and oxygen atoms in total. The summed E-state index contributed by atoms with van der Waals surface area (Å²) < 4.78 is 0.638. The maximum atomic E-state index is 12.6. The summed E-state index contributed by atoms with van der Waals surface area (Å²) in [4.78, 5) is 38.1. The minimum atomic E-state index is -1.22. The maximum Gasteiger partial charge on any atom is 0.410 e. The van der Waals surface area contributed by atoms with Crippen LogP contribution in [0.1, 0.15) is 21.5 Å². The standard InChI is InChI=1S/C17H14N4O5S/c1-8-3-6-12(21(25)26)9(2)14(8)19-15(22)10-4-5-11-13(7-10)27-16(18-11)20-17(23)24/h3-7H,1-2H3,(H,18,20)(H,19,22)(H,23,24). The summed E-state index contributed by atoms with van der Waals surface area (Å²) in [5, 5.41) is 25.0. The number of carboxylic acid groups (broad SMARTS) is 1. The van der Waals surface area contributed by atoms with Gasteiger partial charge in [-0.2, -0.15) is 0 Å². The maximum absolute atomic E-state index is 12.6. The molecule has 138 valence electrons. The molecule has 3 aromatic rings. The number of thiazole rings is 1. The number of benzene rings is 2. The number of hydrogen-bond donors (Lipinski definition) is 3. The first kappa shape index (κ1) is 18.3. The summed E-state index contributed by atoms with van der Waals surface area (Å²) >= 11 is 1.10. The largest absolute Gasteiger partial charge is 0.465 e. The van der Waals surface area contributed by atoms with Gasteiger partial charge < -0.3 is 10.4 Å². The number of amides is 2. The van der Waals surface area contributed by atoms with Crippen molar-refractivity contribution in [2.24, 2.45) is 0 Å². The van der Waals surface area contributed by atoms with Crippen molar-refractivity contribution in [2.75, 3.05) is 10.6 Å². The van der Waals surface area contributed by atoms with E-state index < -0.39 is 16.9 Å². The van der Waals surface area contributed by atoms with Crippen LogP contribution in [-0.2, 0) is 0 Å². The fourth-order valence-electron chi connectivity index (χ4n) is 2.62. The topological polar surface area (TPSA) is 134 Å². The van der Waals surface area contributed by atoms with Crippen molar-refractivity contribution in [3.63, 3.8) is 0 Å². The second kappa shape index (κ2) is 7.00. The number of carbonyl (C=O) groups is 2. The Morgan fingerprint density at radius 1 is 1.19 bits per heavy atom. The highest BCUT2D eigenvalue weighted by molar-refractivity contribution is 7.22. The van der Waals surface area contributed by atoms with Gasteiger partial charge in [-0.05, 0) is 37.6 Å². The van der Waals surface area contributed by atoms with E-state index in [2.05, 4.69) is 15.6 Å². The van der Waals surface area contributed by atoms with E-state index in [1.807, 2.05) is 0 Å². The molecule has 0 aliphatic rings. The zero-order valence-electron chi connectivity index (χ0n) is 14.3. The number of nitrogens with one attached hydrogen (secondary N) is 2. The van der Waals surface area contributed by atoms with Gasteiger partial charge in [0.2, 0.25) is 0 Å². The van der Waals surface area contributed by atoms with Gasteiger partial charge >= 0.3 is 6.09 Å². The molecule has 3 rings (SSSR count). The first-order valence-electron chi connectivity index (χ1n) is 7.72. The molecule has 0 spiro atoms. The minimum absolute atomic E-state index is 0.0711. The van der Waals surface area contributed by atoms with E-state index in [1.54, 1.807) is 38.1 Å². The molecule has 0 bridgehead atoms. The van der Waals surface area contributed by atoms with Crippen LogP contribution in [0, 0.1) is 24.0 Å². The number of nitro benzene ring substituents is 1. The lowest BCUT2D eigenvalue weighted by Crippen LogP contribution is -2.14. The highest BCUT2D eigenvalue weighted by Gasteiger charge is 2.18. The predicted octanol–water partition coefficient (Wildman–Crippen LogP) is 4.16. The molecule has 1 aromatic heterocycles. The highest BCUT2D eigenvalue weighted by Crippen LogP contribution is 2.30. The molecule has 3 N–H and O–H groups in total. The number of aryl methyl sites for hydroxylation is 1. The molecule has 2 amide bonds. The summed E-state index contributed by atoms with van der Waals surface area (Å²) in [5.41, 5.74) is 2.30. The van der Waals surface area contributed by atoms with Crippen LogP contribution in [0.3, 0.4) is 0 Å². The van der Waals surface area contributed by atoms with Crippen molar-refractivity contribution in [3.8, 4) is 0 Å². The van der Waals surface area contributed by atoms with Crippen molar-refractivity contribution in [2.45, 2.75) is 13.8 Å². The summed E-state index contributed by atoms with van der Waals surface area (Å²) in [6.45, 7) is 3.33. The van der Waals surface area contributed by atoms with Crippen LogP contribution < -0.4 is 10.6 Å². The zero-order valence-corrected chi connectivity index (χ0v) is 15.1. The number of aromatic nitrogens is 1. The molecule has 0 unspecified atom stereocenters. The average Bonchev–Trinajstić information content (AvgIpc) is 2.98. The van der Waals surface area contributed by atoms with Crippen LogP contribution in [0.2, 0.25) is 0 Å². The van der Waals surface area contributed by atoms with E-state index in [-0.39, 0.29) is 10.8 Å². The van der Waals surface area contributed by atoms with Gasteiger partial charge in [-0.1, -0.05) is 17.4 Å². The summed E-state index contributed by atoms with van der Waals surface area (Å²) in [5.74, 6) is -0.426. The third-order valence-corrected chi connectivity index (χ3v) is 4.88. The number of nitrogens with zero attached hydrogens (tertiary/aromatic N) is 2. The number of nitro groups is 1. The summed E-state index contributed by atoms with van der Waals surface area (Å²) in [6.07, 6.45) is -1.22. The van der Waals surface area contributed by atoms with E-state index in [4.69, 9.17) is 5.11 Å². The van der Waals surface area contributed by atoms with Gasteiger partial charge in [0.05, 0.1) is 26.4 Å². The molecule has 0 saturated carbocycles. The average molecular weight is 386 g/mol. The SMILES string of the molecule is Cc1ccc([N+](=O)[O-])c(C)c1NC(=O)c1ccc2nc(NC(=O)O)sc2c1. The van der Waals surface area contributed by atoms with Gasteiger partial charge in [0.15, 0.2) is 5.13 Å². The van der Waals surface area contributed by atoms with Crippen LogP contribution in [0.5, 0.6) is 0 Å². The molecule has 0 atom stereocenters. The fourth-order valence-corrected chi connectivity index (χ4v) is 3.52. The lowest BCUT2D eigenvalue weighted by molar-refractivity contribution is -0.385. The molecule has 1 heterocycles. The number of rotatable bonds is 4. The minimum Gasteiger partial charge on any atom is -0.465 e. The Hall–Kier alpha value is -3.53.